The average molecular weight is 498 g/mol. The highest BCUT2D eigenvalue weighted by Gasteiger charge is 2.29. The van der Waals surface area contributed by atoms with Crippen LogP contribution in [0.25, 0.3) is 0 Å². The SMILES string of the molecule is CCCCCCCCC=CC(=O)N[C@@H](CCCN=C(N)N[N+](=O)[O-])C(=O)N[C@@H](CC(C)C)B(O)O. The molecule has 200 valence electrons. The van der Waals surface area contributed by atoms with Crippen LogP contribution in [-0.4, -0.2) is 58.5 Å². The van der Waals surface area contributed by atoms with Gasteiger partial charge in [-0.05, 0) is 44.1 Å². The van der Waals surface area contributed by atoms with Crippen LogP contribution in [0, 0.1) is 16.0 Å². The van der Waals surface area contributed by atoms with E-state index in [1.807, 2.05) is 13.8 Å². The van der Waals surface area contributed by atoms with Crippen molar-refractivity contribution in [1.29, 1.82) is 0 Å². The van der Waals surface area contributed by atoms with Crippen molar-refractivity contribution in [2.45, 2.75) is 97.0 Å². The van der Waals surface area contributed by atoms with E-state index in [0.717, 1.165) is 19.3 Å². The number of rotatable bonds is 19. The smallest absolute Gasteiger partial charge is 0.426 e. The van der Waals surface area contributed by atoms with E-state index in [-0.39, 0.29) is 24.8 Å². The maximum atomic E-state index is 12.8. The lowest BCUT2D eigenvalue weighted by Crippen LogP contribution is -2.54. The van der Waals surface area contributed by atoms with Gasteiger partial charge in [-0.1, -0.05) is 64.4 Å². The van der Waals surface area contributed by atoms with Crippen molar-refractivity contribution in [3.8, 4) is 0 Å². The van der Waals surface area contributed by atoms with Crippen molar-refractivity contribution >= 4 is 24.9 Å². The summed E-state index contributed by atoms with van der Waals surface area (Å²) in [6.07, 6.45) is 11.7. The van der Waals surface area contributed by atoms with Gasteiger partial charge in [0.1, 0.15) is 6.04 Å². The molecule has 0 aromatic rings. The quantitative estimate of drug-likeness (QED) is 0.0291. The molecule has 0 heterocycles. The van der Waals surface area contributed by atoms with Gasteiger partial charge in [-0.25, -0.2) is 15.1 Å². The minimum absolute atomic E-state index is 0.0955. The normalized spacial score (nSPS) is 13.5. The van der Waals surface area contributed by atoms with Gasteiger partial charge in [-0.15, -0.1) is 0 Å². The highest BCUT2D eigenvalue weighted by molar-refractivity contribution is 6.43. The zero-order chi connectivity index (χ0) is 26.6. The molecular weight excluding hydrogens is 455 g/mol. The molecule has 7 N–H and O–H groups in total. The molecule has 0 spiro atoms. The van der Waals surface area contributed by atoms with Crippen molar-refractivity contribution in [2.24, 2.45) is 16.6 Å². The molecule has 0 aromatic heterocycles. The predicted molar refractivity (Wildman–Crippen MR) is 136 cm³/mol. The van der Waals surface area contributed by atoms with Crippen LogP contribution in [0.2, 0.25) is 0 Å². The number of allylic oxidation sites excluding steroid dienone is 1. The van der Waals surface area contributed by atoms with Gasteiger partial charge >= 0.3 is 7.12 Å². The minimum atomic E-state index is -1.74. The Hall–Kier alpha value is -2.67. The van der Waals surface area contributed by atoms with E-state index in [0.29, 0.717) is 12.8 Å². The third kappa shape index (κ3) is 18.3. The lowest BCUT2D eigenvalue weighted by atomic mass is 9.75. The fourth-order valence-electron chi connectivity index (χ4n) is 3.39. The van der Waals surface area contributed by atoms with Crippen LogP contribution in [0.1, 0.15) is 85.0 Å². The summed E-state index contributed by atoms with van der Waals surface area (Å²) in [6.45, 7) is 6.04. The summed E-state index contributed by atoms with van der Waals surface area (Å²) >= 11 is 0. The molecule has 13 heteroatoms. The number of unbranched alkanes of at least 4 members (excludes halogenated alkanes) is 6. The van der Waals surface area contributed by atoms with Crippen LogP contribution in [0.5, 0.6) is 0 Å². The zero-order valence-electron chi connectivity index (χ0n) is 21.2. The van der Waals surface area contributed by atoms with Gasteiger partial charge < -0.3 is 26.4 Å². The first-order valence-corrected chi connectivity index (χ1v) is 12.4. The van der Waals surface area contributed by atoms with Crippen LogP contribution in [0.3, 0.4) is 0 Å². The molecule has 2 atom stereocenters. The molecule has 0 aliphatic carbocycles. The third-order valence-electron chi connectivity index (χ3n) is 5.18. The van der Waals surface area contributed by atoms with Crippen LogP contribution in [0.15, 0.2) is 17.1 Å². The Morgan fingerprint density at radius 2 is 1.77 bits per heavy atom. The van der Waals surface area contributed by atoms with E-state index in [1.54, 1.807) is 11.5 Å². The predicted octanol–water partition coefficient (Wildman–Crippen LogP) is 1.20. The molecule has 0 rings (SSSR count). The second-order valence-electron chi connectivity index (χ2n) is 8.96. The Balaban J connectivity index is 4.93. The number of hydrogen-bond donors (Lipinski definition) is 6. The van der Waals surface area contributed by atoms with Crippen molar-refractivity contribution in [3.63, 3.8) is 0 Å². The number of hydrogen-bond acceptors (Lipinski definition) is 7. The molecule has 0 saturated heterocycles. The lowest BCUT2D eigenvalue weighted by molar-refractivity contribution is -0.525. The van der Waals surface area contributed by atoms with Gasteiger partial charge in [-0.2, -0.15) is 0 Å². The fraction of sp³-hybridized carbons (Fsp3) is 0.773. The molecular formula is C22H43BN6O6. The highest BCUT2D eigenvalue weighted by Crippen LogP contribution is 2.09. The molecule has 0 bridgehead atoms. The Labute approximate surface area is 208 Å². The largest absolute Gasteiger partial charge is 0.475 e. The standard InChI is InChI=1S/C22H43BN6O6/c1-4-5-6-7-8-9-10-11-14-20(30)26-18(13-12-15-25-22(24)28-29(34)35)21(31)27-19(23(32)33)16-17(2)3/h11,14,17-19,32-33H,4-10,12-13,15-16H2,1-3H3,(H,26,30)(H,27,31)(H3,24,25,28)/t18-,19-/m0/s1. The van der Waals surface area contributed by atoms with E-state index < -0.39 is 35.9 Å². The first kappa shape index (κ1) is 32.3. The summed E-state index contributed by atoms with van der Waals surface area (Å²) in [7, 11) is -1.74. The second kappa shape index (κ2) is 19.6. The number of nitro groups is 1. The maximum Gasteiger partial charge on any atom is 0.475 e. The number of guanidine groups is 1. The fourth-order valence-corrected chi connectivity index (χ4v) is 3.39. The number of amides is 2. The van der Waals surface area contributed by atoms with Crippen molar-refractivity contribution in [2.75, 3.05) is 6.54 Å². The van der Waals surface area contributed by atoms with E-state index in [9.17, 15) is 29.8 Å². The second-order valence-corrected chi connectivity index (χ2v) is 8.96. The maximum absolute atomic E-state index is 12.8. The van der Waals surface area contributed by atoms with Crippen LogP contribution in [-0.2, 0) is 9.59 Å². The first-order chi connectivity index (χ1) is 16.6. The topological polar surface area (TPSA) is 192 Å². The molecule has 0 aliphatic heterocycles. The summed E-state index contributed by atoms with van der Waals surface area (Å²) in [5.41, 5.74) is 7.10. The average Bonchev–Trinajstić information content (AvgIpc) is 2.76. The number of nitrogens with one attached hydrogen (secondary N) is 3. The summed E-state index contributed by atoms with van der Waals surface area (Å²) in [5, 5.41) is 34.0. The molecule has 2 amide bonds. The molecule has 12 nitrogen and oxygen atoms in total. The molecule has 0 fully saturated rings. The number of hydrazine groups is 1. The molecule has 0 unspecified atom stereocenters. The Kier molecular flexibility index (Phi) is 18.1. The van der Waals surface area contributed by atoms with Crippen molar-refractivity contribution in [1.82, 2.24) is 16.1 Å². The summed E-state index contributed by atoms with van der Waals surface area (Å²) in [5.74, 6) is -2.13. The van der Waals surface area contributed by atoms with Gasteiger partial charge in [0.2, 0.25) is 11.8 Å². The summed E-state index contributed by atoms with van der Waals surface area (Å²) < 4.78 is 0. The number of nitrogens with zero attached hydrogens (tertiary/aromatic N) is 2. The summed E-state index contributed by atoms with van der Waals surface area (Å²) in [4.78, 5) is 39.4. The number of aliphatic imine (C=N–C) groups is 1. The molecule has 0 saturated carbocycles. The van der Waals surface area contributed by atoms with Gasteiger partial charge in [0, 0.05) is 6.54 Å². The summed E-state index contributed by atoms with van der Waals surface area (Å²) in [6, 6.07) is -0.950. The van der Waals surface area contributed by atoms with Crippen molar-refractivity contribution in [3.05, 3.63) is 22.3 Å². The number of carbonyl (C=O) groups excluding carboxylic acids is 2. The van der Waals surface area contributed by atoms with Gasteiger partial charge in [0.15, 0.2) is 5.03 Å². The Morgan fingerprint density at radius 1 is 1.11 bits per heavy atom. The molecule has 0 radical (unpaired) electrons. The molecule has 35 heavy (non-hydrogen) atoms. The van der Waals surface area contributed by atoms with Gasteiger partial charge in [0.25, 0.3) is 5.96 Å². The van der Waals surface area contributed by atoms with E-state index in [2.05, 4.69) is 22.5 Å². The molecule has 0 aliphatic rings. The van der Waals surface area contributed by atoms with Gasteiger partial charge in [0.05, 0.1) is 5.94 Å². The van der Waals surface area contributed by atoms with E-state index >= 15 is 0 Å². The number of carbonyl (C=O) groups is 2. The highest BCUT2D eigenvalue weighted by atomic mass is 16.7. The number of nitrogens with two attached hydrogens (primary N) is 1. The Morgan fingerprint density at radius 3 is 2.37 bits per heavy atom. The molecule has 0 aromatic carbocycles. The first-order valence-electron chi connectivity index (χ1n) is 12.4. The van der Waals surface area contributed by atoms with Gasteiger partial charge in [-0.3, -0.25) is 9.59 Å². The van der Waals surface area contributed by atoms with Crippen molar-refractivity contribution < 1.29 is 24.7 Å². The monoisotopic (exact) mass is 498 g/mol. The van der Waals surface area contributed by atoms with Crippen LogP contribution >= 0.6 is 0 Å². The zero-order valence-corrected chi connectivity index (χ0v) is 21.2. The lowest BCUT2D eigenvalue weighted by Gasteiger charge is -2.23. The minimum Gasteiger partial charge on any atom is -0.426 e. The van der Waals surface area contributed by atoms with E-state index in [4.69, 9.17) is 5.73 Å². The third-order valence-corrected chi connectivity index (χ3v) is 5.18. The van der Waals surface area contributed by atoms with Crippen LogP contribution in [0.4, 0.5) is 0 Å². The van der Waals surface area contributed by atoms with E-state index in [1.165, 1.54) is 31.8 Å². The van der Waals surface area contributed by atoms with Crippen LogP contribution < -0.4 is 21.8 Å². The Bertz CT molecular complexity index is 689.